The Balaban J connectivity index is 2.73. The second-order valence-corrected chi connectivity index (χ2v) is 5.11. The summed E-state index contributed by atoms with van der Waals surface area (Å²) < 4.78 is 0. The fraction of sp³-hybridized carbons (Fsp3) is 0.357. The standard InChI is InChI=1S/C14H20N4OS/c1-9(2)15-14(20)18-17-10(3)12-6-5-7-13(8-12)16-11(4)19/h5-9H,1-4H3,(H,16,19)(H2,15,18,20)/b17-10-. The Kier molecular flexibility index (Phi) is 6.11. The van der Waals surface area contributed by atoms with Gasteiger partial charge in [0.1, 0.15) is 0 Å². The molecule has 0 saturated heterocycles. The van der Waals surface area contributed by atoms with Gasteiger partial charge in [0.2, 0.25) is 5.91 Å². The van der Waals surface area contributed by atoms with Crippen molar-refractivity contribution in [3.05, 3.63) is 29.8 Å². The normalized spacial score (nSPS) is 11.2. The number of hydrogen-bond donors (Lipinski definition) is 3. The first kappa shape index (κ1) is 16.1. The van der Waals surface area contributed by atoms with Crippen LogP contribution in [0.4, 0.5) is 5.69 Å². The minimum absolute atomic E-state index is 0.0998. The van der Waals surface area contributed by atoms with E-state index in [-0.39, 0.29) is 11.9 Å². The Morgan fingerprint density at radius 2 is 2.00 bits per heavy atom. The van der Waals surface area contributed by atoms with Crippen molar-refractivity contribution in [2.45, 2.75) is 33.7 Å². The maximum absolute atomic E-state index is 11.0. The van der Waals surface area contributed by atoms with E-state index >= 15 is 0 Å². The van der Waals surface area contributed by atoms with Crippen molar-refractivity contribution >= 4 is 34.6 Å². The lowest BCUT2D eigenvalue weighted by Gasteiger charge is -2.11. The lowest BCUT2D eigenvalue weighted by Crippen LogP contribution is -2.37. The fourth-order valence-electron chi connectivity index (χ4n) is 1.52. The highest BCUT2D eigenvalue weighted by molar-refractivity contribution is 7.80. The number of carbonyl (C=O) groups excluding carboxylic acids is 1. The van der Waals surface area contributed by atoms with Crippen LogP contribution in [-0.2, 0) is 4.79 Å². The number of carbonyl (C=O) groups is 1. The number of benzene rings is 1. The molecule has 0 aromatic heterocycles. The van der Waals surface area contributed by atoms with Crippen LogP contribution in [0, 0.1) is 0 Å². The summed E-state index contributed by atoms with van der Waals surface area (Å²) in [7, 11) is 0. The van der Waals surface area contributed by atoms with Crippen LogP contribution in [0.15, 0.2) is 29.4 Å². The van der Waals surface area contributed by atoms with Gasteiger partial charge in [-0.25, -0.2) is 0 Å². The third-order valence-corrected chi connectivity index (χ3v) is 2.55. The van der Waals surface area contributed by atoms with Crippen LogP contribution < -0.4 is 16.1 Å². The molecule has 0 spiro atoms. The lowest BCUT2D eigenvalue weighted by molar-refractivity contribution is -0.114. The molecule has 0 aliphatic rings. The zero-order valence-electron chi connectivity index (χ0n) is 12.2. The molecule has 1 rings (SSSR count). The minimum Gasteiger partial charge on any atom is -0.359 e. The van der Waals surface area contributed by atoms with Crippen LogP contribution in [0.3, 0.4) is 0 Å². The van der Waals surface area contributed by atoms with Crippen molar-refractivity contribution in [1.82, 2.24) is 10.7 Å². The first-order valence-corrected chi connectivity index (χ1v) is 6.78. The van der Waals surface area contributed by atoms with E-state index in [1.165, 1.54) is 6.92 Å². The Labute approximate surface area is 124 Å². The van der Waals surface area contributed by atoms with Crippen molar-refractivity contribution < 1.29 is 4.79 Å². The van der Waals surface area contributed by atoms with Crippen LogP contribution in [-0.4, -0.2) is 22.8 Å². The van der Waals surface area contributed by atoms with E-state index in [0.717, 1.165) is 17.0 Å². The fourth-order valence-corrected chi connectivity index (χ4v) is 1.80. The Hall–Kier alpha value is -1.95. The maximum Gasteiger partial charge on any atom is 0.221 e. The van der Waals surface area contributed by atoms with E-state index in [4.69, 9.17) is 12.2 Å². The average molecular weight is 292 g/mol. The molecule has 5 nitrogen and oxygen atoms in total. The third kappa shape index (κ3) is 5.79. The van der Waals surface area contributed by atoms with Gasteiger partial charge in [-0.05, 0) is 50.7 Å². The summed E-state index contributed by atoms with van der Waals surface area (Å²) in [5.41, 5.74) is 5.23. The highest BCUT2D eigenvalue weighted by Crippen LogP contribution is 2.11. The number of hydrogen-bond acceptors (Lipinski definition) is 3. The monoisotopic (exact) mass is 292 g/mol. The molecule has 0 heterocycles. The SMILES string of the molecule is CC(=O)Nc1cccc(/C(C)=N\NC(=S)NC(C)C)c1. The number of amides is 1. The van der Waals surface area contributed by atoms with Crippen molar-refractivity contribution in [2.24, 2.45) is 5.10 Å². The Morgan fingerprint density at radius 3 is 2.60 bits per heavy atom. The van der Waals surface area contributed by atoms with Crippen LogP contribution in [0.5, 0.6) is 0 Å². The molecule has 1 amide bonds. The molecule has 0 atom stereocenters. The van der Waals surface area contributed by atoms with Crippen LogP contribution in [0.2, 0.25) is 0 Å². The molecule has 0 aliphatic heterocycles. The molecule has 108 valence electrons. The summed E-state index contributed by atoms with van der Waals surface area (Å²) in [4.78, 5) is 11.0. The first-order chi connectivity index (χ1) is 9.38. The van der Waals surface area contributed by atoms with E-state index in [9.17, 15) is 4.79 Å². The topological polar surface area (TPSA) is 65.5 Å². The van der Waals surface area contributed by atoms with Gasteiger partial charge in [-0.2, -0.15) is 5.10 Å². The molecule has 0 radical (unpaired) electrons. The van der Waals surface area contributed by atoms with E-state index in [2.05, 4.69) is 21.2 Å². The molecule has 0 fully saturated rings. The maximum atomic E-state index is 11.0. The van der Waals surface area contributed by atoms with Gasteiger partial charge < -0.3 is 10.6 Å². The first-order valence-electron chi connectivity index (χ1n) is 6.37. The van der Waals surface area contributed by atoms with Gasteiger partial charge in [-0.3, -0.25) is 10.2 Å². The second-order valence-electron chi connectivity index (χ2n) is 4.70. The molecule has 20 heavy (non-hydrogen) atoms. The molecule has 0 saturated carbocycles. The van der Waals surface area contributed by atoms with Gasteiger partial charge in [-0.15, -0.1) is 0 Å². The molecule has 0 unspecified atom stereocenters. The summed E-state index contributed by atoms with van der Waals surface area (Å²) in [6.45, 7) is 7.35. The summed E-state index contributed by atoms with van der Waals surface area (Å²) in [6.07, 6.45) is 0. The molecule has 1 aromatic carbocycles. The predicted octanol–water partition coefficient (Wildman–Crippen LogP) is 2.24. The van der Waals surface area contributed by atoms with Gasteiger partial charge in [0.15, 0.2) is 5.11 Å². The van der Waals surface area contributed by atoms with E-state index in [0.29, 0.717) is 5.11 Å². The van der Waals surface area contributed by atoms with Gasteiger partial charge in [0.05, 0.1) is 5.71 Å². The quantitative estimate of drug-likeness (QED) is 0.452. The molecule has 0 bridgehead atoms. The highest BCUT2D eigenvalue weighted by atomic mass is 32.1. The number of hydrazone groups is 1. The number of anilines is 1. The molecule has 1 aromatic rings. The van der Waals surface area contributed by atoms with Crippen molar-refractivity contribution in [3.63, 3.8) is 0 Å². The molecular formula is C14H20N4OS. The molecule has 6 heteroatoms. The van der Waals surface area contributed by atoms with E-state index < -0.39 is 0 Å². The zero-order chi connectivity index (χ0) is 15.1. The molecular weight excluding hydrogens is 272 g/mol. The summed E-state index contributed by atoms with van der Waals surface area (Å²) in [5.74, 6) is -0.0998. The number of rotatable bonds is 4. The average Bonchev–Trinajstić information content (AvgIpc) is 2.34. The van der Waals surface area contributed by atoms with Crippen LogP contribution >= 0.6 is 12.2 Å². The number of thiocarbonyl (C=S) groups is 1. The van der Waals surface area contributed by atoms with Gasteiger partial charge >= 0.3 is 0 Å². The smallest absolute Gasteiger partial charge is 0.221 e. The lowest BCUT2D eigenvalue weighted by atomic mass is 10.1. The second kappa shape index (κ2) is 7.59. The van der Waals surface area contributed by atoms with Gasteiger partial charge in [0.25, 0.3) is 0 Å². The van der Waals surface area contributed by atoms with Crippen molar-refractivity contribution in [1.29, 1.82) is 0 Å². The summed E-state index contributed by atoms with van der Waals surface area (Å²) >= 11 is 5.10. The highest BCUT2D eigenvalue weighted by Gasteiger charge is 2.02. The van der Waals surface area contributed by atoms with Crippen molar-refractivity contribution in [2.75, 3.05) is 5.32 Å². The summed E-state index contributed by atoms with van der Waals surface area (Å²) in [5, 5.41) is 10.5. The van der Waals surface area contributed by atoms with Gasteiger partial charge in [-0.1, -0.05) is 12.1 Å². The predicted molar refractivity (Wildman–Crippen MR) is 87.0 cm³/mol. The minimum atomic E-state index is -0.0998. The molecule has 3 N–H and O–H groups in total. The van der Waals surface area contributed by atoms with Gasteiger partial charge in [0, 0.05) is 18.7 Å². The van der Waals surface area contributed by atoms with Crippen LogP contribution in [0.1, 0.15) is 33.3 Å². The Bertz CT molecular complexity index is 526. The Morgan fingerprint density at radius 1 is 1.30 bits per heavy atom. The number of nitrogens with zero attached hydrogens (tertiary/aromatic N) is 1. The summed E-state index contributed by atoms with van der Waals surface area (Å²) in [6, 6.07) is 7.74. The van der Waals surface area contributed by atoms with Crippen molar-refractivity contribution in [3.8, 4) is 0 Å². The van der Waals surface area contributed by atoms with E-state index in [1.54, 1.807) is 0 Å². The van der Waals surface area contributed by atoms with E-state index in [1.807, 2.05) is 45.0 Å². The zero-order valence-corrected chi connectivity index (χ0v) is 13.0. The molecule has 0 aliphatic carbocycles. The van der Waals surface area contributed by atoms with Crippen LogP contribution in [0.25, 0.3) is 0 Å². The largest absolute Gasteiger partial charge is 0.359 e. The number of nitrogens with one attached hydrogen (secondary N) is 3. The third-order valence-electron chi connectivity index (χ3n) is 2.35.